The molecule has 1 aliphatic rings. The van der Waals surface area contributed by atoms with Gasteiger partial charge >= 0.3 is 0 Å². The van der Waals surface area contributed by atoms with E-state index in [0.717, 1.165) is 16.0 Å². The number of hydrogen-bond acceptors (Lipinski definition) is 2. The van der Waals surface area contributed by atoms with Crippen LogP contribution < -0.4 is 0 Å². The van der Waals surface area contributed by atoms with E-state index in [0.29, 0.717) is 19.3 Å². The minimum absolute atomic E-state index is 0.0588. The highest BCUT2D eigenvalue weighted by Gasteiger charge is 2.28. The van der Waals surface area contributed by atoms with Crippen LogP contribution in [0.1, 0.15) is 56.7 Å². The first-order valence-corrected chi connectivity index (χ1v) is 8.60. The van der Waals surface area contributed by atoms with Gasteiger partial charge in [-0.1, -0.05) is 32.9 Å². The highest BCUT2D eigenvalue weighted by Crippen LogP contribution is 2.31. The van der Waals surface area contributed by atoms with Gasteiger partial charge in [0.15, 0.2) is 11.1 Å². The molecule has 1 aromatic rings. The summed E-state index contributed by atoms with van der Waals surface area (Å²) in [4.78, 5) is 0.741. The fraction of sp³-hybridized carbons (Fsp3) is 0.647. The lowest BCUT2D eigenvalue weighted by molar-refractivity contribution is 0.218. The van der Waals surface area contributed by atoms with E-state index >= 15 is 0 Å². The molecule has 0 aliphatic heterocycles. The Hall–Kier alpha value is -0.740. The second-order valence-electron chi connectivity index (χ2n) is 7.05. The van der Waals surface area contributed by atoms with Crippen molar-refractivity contribution < 1.29 is 12.8 Å². The van der Waals surface area contributed by atoms with Crippen LogP contribution in [-0.4, -0.2) is 16.5 Å². The number of benzene rings is 1. The standard InChI is InChI=1S/C17H25FO2S/c1-11-8-13(17(3,4)5)9-12(2)16(11)21(19)20-15-7-6-14(18)10-15/h8-9,14-15H,6-7,10H2,1-5H3. The first-order valence-electron chi connectivity index (χ1n) is 7.53. The van der Waals surface area contributed by atoms with Gasteiger partial charge in [-0.25, -0.2) is 8.60 Å². The zero-order chi connectivity index (χ0) is 15.8. The molecule has 0 aromatic heterocycles. The molecule has 1 aliphatic carbocycles. The Kier molecular flexibility index (Phi) is 4.89. The maximum absolute atomic E-state index is 13.2. The molecular formula is C17H25FO2S. The smallest absolute Gasteiger partial charge is 0.189 e. The molecule has 2 rings (SSSR count). The van der Waals surface area contributed by atoms with E-state index in [2.05, 4.69) is 32.9 Å². The number of aryl methyl sites for hydroxylation is 2. The molecule has 0 radical (unpaired) electrons. The van der Waals surface area contributed by atoms with E-state index in [1.54, 1.807) is 0 Å². The van der Waals surface area contributed by atoms with E-state index < -0.39 is 17.3 Å². The Balaban J connectivity index is 2.21. The van der Waals surface area contributed by atoms with Crippen molar-refractivity contribution in [2.75, 3.05) is 0 Å². The zero-order valence-corrected chi connectivity index (χ0v) is 14.3. The molecule has 1 fully saturated rings. The summed E-state index contributed by atoms with van der Waals surface area (Å²) in [6.07, 6.45) is 0.511. The minimum Gasteiger partial charge on any atom is -0.283 e. The second-order valence-corrected chi connectivity index (χ2v) is 8.12. The van der Waals surface area contributed by atoms with Crippen LogP contribution in [0.15, 0.2) is 17.0 Å². The van der Waals surface area contributed by atoms with Gasteiger partial charge in [-0.15, -0.1) is 0 Å². The molecule has 4 heteroatoms. The van der Waals surface area contributed by atoms with Crippen molar-refractivity contribution >= 4 is 11.1 Å². The molecule has 21 heavy (non-hydrogen) atoms. The Bertz CT molecular complexity index is 525. The van der Waals surface area contributed by atoms with Crippen LogP contribution in [-0.2, 0) is 20.7 Å². The van der Waals surface area contributed by atoms with Crippen LogP contribution in [0, 0.1) is 13.8 Å². The van der Waals surface area contributed by atoms with Gasteiger partial charge < -0.3 is 0 Å². The maximum atomic E-state index is 13.2. The summed E-state index contributed by atoms with van der Waals surface area (Å²) >= 11 is -1.51. The molecule has 3 unspecified atom stereocenters. The van der Waals surface area contributed by atoms with Crippen LogP contribution in [0.4, 0.5) is 4.39 Å². The third-order valence-corrected chi connectivity index (χ3v) is 5.46. The lowest BCUT2D eigenvalue weighted by atomic mass is 9.85. The highest BCUT2D eigenvalue weighted by atomic mass is 32.2. The van der Waals surface area contributed by atoms with Crippen molar-refractivity contribution in [1.29, 1.82) is 0 Å². The van der Waals surface area contributed by atoms with Crippen LogP contribution in [0.2, 0.25) is 0 Å². The number of rotatable bonds is 3. The summed E-state index contributed by atoms with van der Waals surface area (Å²) in [6, 6.07) is 4.16. The SMILES string of the molecule is Cc1cc(C(C)(C)C)cc(C)c1S(=O)OC1CCC(F)C1. The van der Waals surface area contributed by atoms with Gasteiger partial charge in [0.25, 0.3) is 0 Å². The van der Waals surface area contributed by atoms with E-state index in [4.69, 9.17) is 4.18 Å². The van der Waals surface area contributed by atoms with Crippen molar-refractivity contribution in [3.8, 4) is 0 Å². The van der Waals surface area contributed by atoms with Gasteiger partial charge in [0.05, 0.1) is 11.0 Å². The molecule has 0 heterocycles. The number of hydrogen-bond donors (Lipinski definition) is 0. The topological polar surface area (TPSA) is 26.3 Å². The summed E-state index contributed by atoms with van der Waals surface area (Å²) < 4.78 is 31.3. The van der Waals surface area contributed by atoms with Gasteiger partial charge in [-0.3, -0.25) is 4.18 Å². The lowest BCUT2D eigenvalue weighted by Crippen LogP contribution is -2.15. The molecule has 1 aromatic carbocycles. The zero-order valence-electron chi connectivity index (χ0n) is 13.5. The number of halogens is 1. The molecule has 118 valence electrons. The van der Waals surface area contributed by atoms with Crippen molar-refractivity contribution in [1.82, 2.24) is 0 Å². The largest absolute Gasteiger partial charge is 0.283 e. The Labute approximate surface area is 129 Å². The molecule has 0 spiro atoms. The summed E-state index contributed by atoms with van der Waals surface area (Å²) in [6.45, 7) is 10.4. The van der Waals surface area contributed by atoms with Crippen molar-refractivity contribution in [3.05, 3.63) is 28.8 Å². The van der Waals surface area contributed by atoms with E-state index in [1.807, 2.05) is 13.8 Å². The summed E-state index contributed by atoms with van der Waals surface area (Å²) in [5.41, 5.74) is 3.24. The lowest BCUT2D eigenvalue weighted by Gasteiger charge is -2.22. The van der Waals surface area contributed by atoms with Gasteiger partial charge in [0, 0.05) is 6.42 Å². The second kappa shape index (κ2) is 6.17. The van der Waals surface area contributed by atoms with Crippen LogP contribution in [0.5, 0.6) is 0 Å². The van der Waals surface area contributed by atoms with Gasteiger partial charge in [0.1, 0.15) is 6.17 Å². The fourth-order valence-electron chi connectivity index (χ4n) is 2.79. The predicted molar refractivity (Wildman–Crippen MR) is 84.6 cm³/mol. The molecule has 3 atom stereocenters. The fourth-order valence-corrected chi connectivity index (χ4v) is 3.95. The van der Waals surface area contributed by atoms with Gasteiger partial charge in [0.2, 0.25) is 0 Å². The number of alkyl halides is 1. The average Bonchev–Trinajstić information content (AvgIpc) is 2.72. The van der Waals surface area contributed by atoms with Gasteiger partial charge in [-0.2, -0.15) is 0 Å². The molecule has 0 amide bonds. The highest BCUT2D eigenvalue weighted by molar-refractivity contribution is 7.80. The third kappa shape index (κ3) is 3.92. The van der Waals surface area contributed by atoms with Crippen LogP contribution in [0.3, 0.4) is 0 Å². The molecule has 0 saturated heterocycles. The first-order chi connectivity index (χ1) is 9.68. The maximum Gasteiger partial charge on any atom is 0.189 e. The van der Waals surface area contributed by atoms with Crippen molar-refractivity contribution in [3.63, 3.8) is 0 Å². The molecule has 2 nitrogen and oxygen atoms in total. The summed E-state index contributed by atoms with van der Waals surface area (Å²) in [5.74, 6) is 0. The Morgan fingerprint density at radius 2 is 1.76 bits per heavy atom. The van der Waals surface area contributed by atoms with Crippen LogP contribution in [0.25, 0.3) is 0 Å². The summed E-state index contributed by atoms with van der Waals surface area (Å²) in [5, 5.41) is 0. The molecule has 1 saturated carbocycles. The average molecular weight is 312 g/mol. The predicted octanol–water partition coefficient (Wildman–Crippen LogP) is 4.53. The van der Waals surface area contributed by atoms with Crippen LogP contribution >= 0.6 is 0 Å². The molecule has 0 bridgehead atoms. The first kappa shape index (κ1) is 16.6. The monoisotopic (exact) mass is 312 g/mol. The third-order valence-electron chi connectivity index (χ3n) is 4.04. The minimum atomic E-state index is -1.51. The van der Waals surface area contributed by atoms with Crippen molar-refractivity contribution in [2.45, 2.75) is 76.5 Å². The quantitative estimate of drug-likeness (QED) is 0.819. The Morgan fingerprint density at radius 1 is 1.19 bits per heavy atom. The van der Waals surface area contributed by atoms with E-state index in [1.165, 1.54) is 5.56 Å². The summed E-state index contributed by atoms with van der Waals surface area (Å²) in [7, 11) is 0. The molecule has 0 N–H and O–H groups in total. The normalized spacial score (nSPS) is 24.3. The van der Waals surface area contributed by atoms with Crippen molar-refractivity contribution in [2.24, 2.45) is 0 Å². The van der Waals surface area contributed by atoms with E-state index in [9.17, 15) is 8.60 Å². The van der Waals surface area contributed by atoms with Gasteiger partial charge in [-0.05, 0) is 48.8 Å². The Morgan fingerprint density at radius 3 is 2.19 bits per heavy atom. The molecular weight excluding hydrogens is 287 g/mol. The van der Waals surface area contributed by atoms with E-state index in [-0.39, 0.29) is 11.5 Å².